The van der Waals surface area contributed by atoms with Crippen LogP contribution in [0.1, 0.15) is 17.7 Å². The first-order valence-electron chi connectivity index (χ1n) is 4.03. The summed E-state index contributed by atoms with van der Waals surface area (Å²) < 4.78 is 52.2. The largest absolute Gasteiger partial charge is 0.481 e. The van der Waals surface area contributed by atoms with Crippen LogP contribution < -0.4 is 4.74 Å². The number of methoxy groups -OCH3 is 1. The average Bonchev–Trinajstić information content (AvgIpc) is 2.25. The highest BCUT2D eigenvalue weighted by Crippen LogP contribution is 2.35. The summed E-state index contributed by atoms with van der Waals surface area (Å²) in [5.41, 5.74) is -1.34. The van der Waals surface area contributed by atoms with E-state index in [2.05, 4.69) is 9.72 Å². The summed E-state index contributed by atoms with van der Waals surface area (Å²) in [6.07, 6.45) is -3.14. The van der Waals surface area contributed by atoms with E-state index in [0.29, 0.717) is 6.07 Å². The Labute approximate surface area is 100 Å². The van der Waals surface area contributed by atoms with Gasteiger partial charge in [0, 0.05) is 10.7 Å². The molecule has 1 aromatic heterocycles. The first-order valence-corrected chi connectivity index (χ1v) is 6.34. The lowest BCUT2D eigenvalue weighted by Gasteiger charge is -2.10. The zero-order valence-corrected chi connectivity index (χ0v) is 9.89. The maximum Gasteiger partial charge on any atom is 0.270 e. The topological polar surface area (TPSA) is 80.0 Å². The van der Waals surface area contributed by atoms with Crippen LogP contribution in [0.15, 0.2) is 11.0 Å². The quantitative estimate of drug-likeness (QED) is 0.790. The number of ether oxygens (including phenoxy) is 1. The van der Waals surface area contributed by atoms with E-state index >= 15 is 0 Å². The molecule has 0 aliphatic carbocycles. The standard InChI is InChI=1S/C8H5ClF2N2O3S/c1-16-8-6(7(10)11)5(17(9,14)15)2-4(3-12)13-8/h2,7H,1H3. The van der Waals surface area contributed by atoms with Gasteiger partial charge >= 0.3 is 0 Å². The molecule has 92 valence electrons. The van der Waals surface area contributed by atoms with E-state index in [0.717, 1.165) is 7.11 Å². The maximum atomic E-state index is 12.7. The Kier molecular flexibility index (Phi) is 3.85. The van der Waals surface area contributed by atoms with E-state index in [1.807, 2.05) is 0 Å². The van der Waals surface area contributed by atoms with Crippen molar-refractivity contribution in [1.82, 2.24) is 4.98 Å². The molecule has 17 heavy (non-hydrogen) atoms. The van der Waals surface area contributed by atoms with Crippen LogP contribution in [-0.2, 0) is 9.05 Å². The third kappa shape index (κ3) is 2.81. The van der Waals surface area contributed by atoms with Crippen LogP contribution >= 0.6 is 10.7 Å². The highest BCUT2D eigenvalue weighted by molar-refractivity contribution is 8.13. The summed E-state index contributed by atoms with van der Waals surface area (Å²) in [5.74, 6) is -0.640. The van der Waals surface area contributed by atoms with Crippen LogP contribution in [0.4, 0.5) is 8.78 Å². The Morgan fingerprint density at radius 1 is 1.59 bits per heavy atom. The smallest absolute Gasteiger partial charge is 0.270 e. The van der Waals surface area contributed by atoms with Crippen LogP contribution in [0.2, 0.25) is 0 Å². The lowest BCUT2D eigenvalue weighted by atomic mass is 10.2. The predicted molar refractivity (Wildman–Crippen MR) is 53.5 cm³/mol. The fourth-order valence-corrected chi connectivity index (χ4v) is 2.20. The van der Waals surface area contributed by atoms with Gasteiger partial charge in [0.1, 0.15) is 11.8 Å². The molecule has 0 spiro atoms. The first-order chi connectivity index (χ1) is 7.81. The van der Waals surface area contributed by atoms with E-state index < -0.39 is 31.8 Å². The van der Waals surface area contributed by atoms with Crippen molar-refractivity contribution in [1.29, 1.82) is 5.26 Å². The molecule has 0 unspecified atom stereocenters. The number of aromatic nitrogens is 1. The van der Waals surface area contributed by atoms with Crippen LogP contribution in [0.3, 0.4) is 0 Å². The monoisotopic (exact) mass is 282 g/mol. The second-order valence-corrected chi connectivity index (χ2v) is 5.31. The number of nitriles is 1. The van der Waals surface area contributed by atoms with E-state index in [9.17, 15) is 17.2 Å². The number of alkyl halides is 2. The Morgan fingerprint density at radius 3 is 2.53 bits per heavy atom. The minimum atomic E-state index is -4.42. The zero-order chi connectivity index (χ0) is 13.2. The summed E-state index contributed by atoms with van der Waals surface area (Å²) in [6, 6.07) is 2.19. The molecule has 0 fully saturated rings. The molecule has 0 bridgehead atoms. The minimum absolute atomic E-state index is 0.384. The van der Waals surface area contributed by atoms with Gasteiger partial charge in [-0.05, 0) is 6.07 Å². The molecule has 1 heterocycles. The van der Waals surface area contributed by atoms with Crippen molar-refractivity contribution < 1.29 is 21.9 Å². The number of pyridine rings is 1. The molecule has 0 N–H and O–H groups in total. The second kappa shape index (κ2) is 4.81. The first kappa shape index (κ1) is 13.6. The minimum Gasteiger partial charge on any atom is -0.481 e. The molecule has 0 atom stereocenters. The van der Waals surface area contributed by atoms with Crippen molar-refractivity contribution in [2.75, 3.05) is 7.11 Å². The lowest BCUT2D eigenvalue weighted by Crippen LogP contribution is -2.05. The van der Waals surface area contributed by atoms with Crippen LogP contribution in [-0.4, -0.2) is 20.5 Å². The van der Waals surface area contributed by atoms with Gasteiger partial charge < -0.3 is 4.74 Å². The molecule has 0 saturated carbocycles. The predicted octanol–water partition coefficient (Wildman–Crippen LogP) is 1.83. The lowest BCUT2D eigenvalue weighted by molar-refractivity contribution is 0.142. The molecule has 0 aliphatic rings. The highest BCUT2D eigenvalue weighted by atomic mass is 35.7. The summed E-state index contributed by atoms with van der Waals surface area (Å²) in [4.78, 5) is 2.54. The Morgan fingerprint density at radius 2 is 2.18 bits per heavy atom. The van der Waals surface area contributed by atoms with Crippen molar-refractivity contribution in [3.63, 3.8) is 0 Å². The molecular formula is C8H5ClF2N2O3S. The number of hydrogen-bond donors (Lipinski definition) is 0. The van der Waals surface area contributed by atoms with Gasteiger partial charge in [-0.25, -0.2) is 22.2 Å². The van der Waals surface area contributed by atoms with Crippen LogP contribution in [0.5, 0.6) is 5.88 Å². The fraction of sp³-hybridized carbons (Fsp3) is 0.250. The molecule has 0 radical (unpaired) electrons. The summed E-state index contributed by atoms with van der Waals surface area (Å²) in [6.45, 7) is 0. The SMILES string of the molecule is COc1nc(C#N)cc(S(=O)(=O)Cl)c1C(F)F. The van der Waals surface area contributed by atoms with E-state index in [4.69, 9.17) is 15.9 Å². The van der Waals surface area contributed by atoms with Gasteiger partial charge in [0.05, 0.1) is 17.6 Å². The number of hydrogen-bond acceptors (Lipinski definition) is 5. The maximum absolute atomic E-state index is 12.7. The van der Waals surface area contributed by atoms with Crippen molar-refractivity contribution in [2.24, 2.45) is 0 Å². The van der Waals surface area contributed by atoms with Gasteiger partial charge in [-0.2, -0.15) is 5.26 Å². The van der Waals surface area contributed by atoms with E-state index in [1.165, 1.54) is 6.07 Å². The molecule has 0 aliphatic heterocycles. The Bertz CT molecular complexity index is 583. The van der Waals surface area contributed by atoms with Crippen LogP contribution in [0, 0.1) is 11.3 Å². The van der Waals surface area contributed by atoms with Gasteiger partial charge in [0.25, 0.3) is 15.5 Å². The number of rotatable bonds is 3. The van der Waals surface area contributed by atoms with Gasteiger partial charge in [-0.1, -0.05) is 0 Å². The van der Waals surface area contributed by atoms with Crippen LogP contribution in [0.25, 0.3) is 0 Å². The van der Waals surface area contributed by atoms with E-state index in [1.54, 1.807) is 0 Å². The number of halogens is 3. The Balaban J connectivity index is 3.72. The van der Waals surface area contributed by atoms with Gasteiger partial charge in [0.15, 0.2) is 0 Å². The molecule has 9 heteroatoms. The number of nitrogens with zero attached hydrogens (tertiary/aromatic N) is 2. The Hall–Kier alpha value is -1.46. The van der Waals surface area contributed by atoms with Crippen molar-refractivity contribution in [3.8, 4) is 11.9 Å². The molecule has 5 nitrogen and oxygen atoms in total. The molecule has 1 aromatic rings. The molecule has 0 amide bonds. The van der Waals surface area contributed by atoms with Crippen molar-refractivity contribution in [2.45, 2.75) is 11.3 Å². The van der Waals surface area contributed by atoms with Gasteiger partial charge in [-0.15, -0.1) is 0 Å². The third-order valence-corrected chi connectivity index (χ3v) is 3.14. The zero-order valence-electron chi connectivity index (χ0n) is 8.32. The fourth-order valence-electron chi connectivity index (χ4n) is 1.12. The highest BCUT2D eigenvalue weighted by Gasteiger charge is 2.28. The molecule has 0 saturated heterocycles. The second-order valence-electron chi connectivity index (χ2n) is 2.78. The molecule has 1 rings (SSSR count). The summed E-state index contributed by atoms with van der Waals surface area (Å²) in [7, 11) is 1.62. The van der Waals surface area contributed by atoms with Gasteiger partial charge in [0.2, 0.25) is 5.88 Å². The molecular weight excluding hydrogens is 278 g/mol. The summed E-state index contributed by atoms with van der Waals surface area (Å²) in [5, 5.41) is 8.58. The normalized spacial score (nSPS) is 11.3. The average molecular weight is 283 g/mol. The third-order valence-electron chi connectivity index (χ3n) is 1.77. The van der Waals surface area contributed by atoms with E-state index in [-0.39, 0.29) is 5.69 Å². The summed E-state index contributed by atoms with van der Waals surface area (Å²) >= 11 is 0. The van der Waals surface area contributed by atoms with Gasteiger partial charge in [-0.3, -0.25) is 0 Å². The molecule has 0 aromatic carbocycles. The van der Waals surface area contributed by atoms with Crippen molar-refractivity contribution >= 4 is 19.7 Å². The van der Waals surface area contributed by atoms with Crippen molar-refractivity contribution in [3.05, 3.63) is 17.3 Å².